The summed E-state index contributed by atoms with van der Waals surface area (Å²) in [5.74, 6) is 0.787. The maximum absolute atomic E-state index is 6.22. The third-order valence-corrected chi connectivity index (χ3v) is 5.62. The lowest BCUT2D eigenvalue weighted by Gasteiger charge is -2.21. The van der Waals surface area contributed by atoms with E-state index in [1.165, 1.54) is 11.1 Å². The number of nitrogens with one attached hydrogen (secondary N) is 1. The minimum Gasteiger partial charge on any atom is -0.399 e. The Balaban J connectivity index is 0.000000343. The van der Waals surface area contributed by atoms with E-state index in [4.69, 9.17) is 34.5 Å². The van der Waals surface area contributed by atoms with E-state index in [1.807, 2.05) is 42.5 Å². The van der Waals surface area contributed by atoms with Gasteiger partial charge in [-0.3, -0.25) is 0 Å². The van der Waals surface area contributed by atoms with Crippen LogP contribution < -0.4 is 28.3 Å². The highest BCUT2D eigenvalue weighted by Gasteiger charge is 2.19. The van der Waals surface area contributed by atoms with Crippen LogP contribution in [0.3, 0.4) is 0 Å². The fourth-order valence-electron chi connectivity index (χ4n) is 3.63. The van der Waals surface area contributed by atoms with Crippen LogP contribution >= 0.6 is 11.6 Å². The Hall–Kier alpha value is -3.74. The summed E-state index contributed by atoms with van der Waals surface area (Å²) in [4.78, 5) is 4.06. The number of pyridine rings is 1. The highest BCUT2D eigenvalue weighted by molar-refractivity contribution is 6.30. The second kappa shape index (κ2) is 12.5. The molecule has 1 unspecified atom stereocenters. The van der Waals surface area contributed by atoms with E-state index in [9.17, 15) is 0 Å². The first-order valence-electron chi connectivity index (χ1n) is 11.1. The topological polar surface area (TPSA) is 129 Å². The summed E-state index contributed by atoms with van der Waals surface area (Å²) in [7, 11) is 0. The molecule has 6 nitrogen and oxygen atoms in total. The maximum Gasteiger partial charge on any atom is 0.149 e. The summed E-state index contributed by atoms with van der Waals surface area (Å²) in [5.41, 5.74) is 28.1. The summed E-state index contributed by atoms with van der Waals surface area (Å²) in [6.07, 6.45) is 0.879. The van der Waals surface area contributed by atoms with Crippen molar-refractivity contribution in [1.29, 1.82) is 0 Å². The Morgan fingerprint density at radius 2 is 1.41 bits per heavy atom. The summed E-state index contributed by atoms with van der Waals surface area (Å²) >= 11 is 5.56. The number of nitrogen functional groups attached to an aromatic ring is 4. The molecular weight excluding hydrogens is 444 g/mol. The molecule has 0 saturated carbocycles. The Labute approximate surface area is 206 Å². The summed E-state index contributed by atoms with van der Waals surface area (Å²) < 4.78 is 0. The van der Waals surface area contributed by atoms with Gasteiger partial charge in [0.25, 0.3) is 0 Å². The second-order valence-corrected chi connectivity index (χ2v) is 8.34. The van der Waals surface area contributed by atoms with E-state index in [-0.39, 0.29) is 11.7 Å². The standard InChI is InChI=1S/C21H25N5.C6H6ClN/c22-19-13-18(20(23)21(24)26-19)17(16-9-5-2-6-10-16)11-12-25-14-15-7-3-1-4-8-15;7-5-1-3-6(8)4-2-5/h1-10,13,17,25H,11-12,14,23H2,(H4,22,24,26);1-4H,8H2. The van der Waals surface area contributed by atoms with Crippen LogP contribution in [-0.2, 0) is 6.54 Å². The lowest BCUT2D eigenvalue weighted by atomic mass is 9.87. The maximum atomic E-state index is 6.22. The van der Waals surface area contributed by atoms with Crippen molar-refractivity contribution in [1.82, 2.24) is 10.3 Å². The molecule has 4 aromatic rings. The Morgan fingerprint density at radius 3 is 2.03 bits per heavy atom. The quantitative estimate of drug-likeness (QED) is 0.188. The number of rotatable bonds is 7. The molecule has 0 bridgehead atoms. The van der Waals surface area contributed by atoms with Crippen molar-refractivity contribution in [3.63, 3.8) is 0 Å². The van der Waals surface area contributed by atoms with Crippen molar-refractivity contribution in [2.45, 2.75) is 18.9 Å². The van der Waals surface area contributed by atoms with Crippen molar-refractivity contribution in [2.24, 2.45) is 0 Å². The van der Waals surface area contributed by atoms with Crippen molar-refractivity contribution in [2.75, 3.05) is 29.5 Å². The van der Waals surface area contributed by atoms with Gasteiger partial charge in [-0.15, -0.1) is 0 Å². The zero-order valence-electron chi connectivity index (χ0n) is 19.0. The van der Waals surface area contributed by atoms with Crippen molar-refractivity contribution < 1.29 is 0 Å². The number of nitrogens with two attached hydrogens (primary N) is 4. The molecule has 176 valence electrons. The molecule has 34 heavy (non-hydrogen) atoms. The molecule has 4 rings (SSSR count). The van der Waals surface area contributed by atoms with Gasteiger partial charge >= 0.3 is 0 Å². The van der Waals surface area contributed by atoms with Gasteiger partial charge in [0.05, 0.1) is 5.69 Å². The lowest BCUT2D eigenvalue weighted by Crippen LogP contribution is -2.19. The minimum absolute atomic E-state index is 0.104. The van der Waals surface area contributed by atoms with Gasteiger partial charge in [-0.2, -0.15) is 0 Å². The Morgan fingerprint density at radius 1 is 0.794 bits per heavy atom. The largest absolute Gasteiger partial charge is 0.399 e. The monoisotopic (exact) mass is 474 g/mol. The van der Waals surface area contributed by atoms with Crippen molar-refractivity contribution in [3.8, 4) is 0 Å². The number of halogens is 1. The second-order valence-electron chi connectivity index (χ2n) is 7.90. The molecule has 0 fully saturated rings. The van der Waals surface area contributed by atoms with E-state index in [1.54, 1.807) is 24.3 Å². The molecule has 0 aliphatic rings. The number of anilines is 4. The van der Waals surface area contributed by atoms with Crippen molar-refractivity contribution in [3.05, 3.63) is 113 Å². The molecule has 0 aliphatic carbocycles. The van der Waals surface area contributed by atoms with Crippen molar-refractivity contribution >= 4 is 34.6 Å². The summed E-state index contributed by atoms with van der Waals surface area (Å²) in [6.45, 7) is 1.68. The van der Waals surface area contributed by atoms with Crippen LogP contribution in [0, 0.1) is 0 Å². The van der Waals surface area contributed by atoms with E-state index < -0.39 is 0 Å². The van der Waals surface area contributed by atoms with E-state index in [2.05, 4.69) is 34.6 Å². The van der Waals surface area contributed by atoms with Gasteiger partial charge < -0.3 is 28.3 Å². The van der Waals surface area contributed by atoms with Gasteiger partial charge in [0.1, 0.15) is 11.6 Å². The summed E-state index contributed by atoms with van der Waals surface area (Å²) in [5, 5.41) is 4.22. The number of hydrogen-bond acceptors (Lipinski definition) is 6. The van der Waals surface area contributed by atoms with Gasteiger partial charge in [0.15, 0.2) is 0 Å². The molecule has 1 aromatic heterocycles. The number of hydrogen-bond donors (Lipinski definition) is 5. The first-order chi connectivity index (χ1) is 16.4. The fourth-order valence-corrected chi connectivity index (χ4v) is 3.76. The molecule has 1 atom stereocenters. The molecule has 7 heteroatoms. The third kappa shape index (κ3) is 7.40. The number of nitrogens with zero attached hydrogens (tertiary/aromatic N) is 1. The Kier molecular flexibility index (Phi) is 9.14. The van der Waals surface area contributed by atoms with E-state index >= 15 is 0 Å². The predicted octanol–water partition coefficient (Wildman–Crippen LogP) is 5.06. The molecule has 0 aliphatic heterocycles. The first-order valence-corrected chi connectivity index (χ1v) is 11.4. The zero-order chi connectivity index (χ0) is 24.3. The fraction of sp³-hybridized carbons (Fsp3) is 0.148. The number of benzene rings is 3. The van der Waals surface area contributed by atoms with Crippen LogP contribution in [0.1, 0.15) is 29.0 Å². The minimum atomic E-state index is 0.104. The van der Waals surface area contributed by atoms with Crippen LogP contribution in [0.4, 0.5) is 23.0 Å². The third-order valence-electron chi connectivity index (χ3n) is 5.37. The van der Waals surface area contributed by atoms with Crippen LogP contribution in [-0.4, -0.2) is 11.5 Å². The van der Waals surface area contributed by atoms with Gasteiger partial charge in [-0.1, -0.05) is 72.3 Å². The SMILES string of the molecule is Nc1cc(C(CCNCc2ccccc2)c2ccccc2)c(N)c(N)n1.Nc1ccc(Cl)cc1. The van der Waals surface area contributed by atoms with Gasteiger partial charge in [-0.05, 0) is 60.0 Å². The first kappa shape index (κ1) is 24.9. The van der Waals surface area contributed by atoms with Crippen LogP contribution in [0.15, 0.2) is 91.0 Å². The highest BCUT2D eigenvalue weighted by Crippen LogP contribution is 2.34. The van der Waals surface area contributed by atoms with Crippen LogP contribution in [0.25, 0.3) is 0 Å². The summed E-state index contributed by atoms with van der Waals surface area (Å²) in [6, 6.07) is 29.5. The predicted molar refractivity (Wildman–Crippen MR) is 144 cm³/mol. The highest BCUT2D eigenvalue weighted by atomic mass is 35.5. The Bertz CT molecular complexity index is 1130. The van der Waals surface area contributed by atoms with Crippen LogP contribution in [0.2, 0.25) is 5.02 Å². The molecule has 3 aromatic carbocycles. The number of aromatic nitrogens is 1. The molecular formula is C27H31ClN6. The molecule has 9 N–H and O–H groups in total. The lowest BCUT2D eigenvalue weighted by molar-refractivity contribution is 0.612. The average Bonchev–Trinajstić information content (AvgIpc) is 2.85. The van der Waals surface area contributed by atoms with Gasteiger partial charge in [-0.25, -0.2) is 4.98 Å². The molecule has 0 amide bonds. The zero-order valence-corrected chi connectivity index (χ0v) is 19.7. The molecule has 0 saturated heterocycles. The van der Waals surface area contributed by atoms with Gasteiger partial charge in [0, 0.05) is 23.2 Å². The smallest absolute Gasteiger partial charge is 0.149 e. The average molecular weight is 475 g/mol. The van der Waals surface area contributed by atoms with Crippen LogP contribution in [0.5, 0.6) is 0 Å². The molecule has 1 heterocycles. The molecule has 0 spiro atoms. The van der Waals surface area contributed by atoms with E-state index in [0.29, 0.717) is 11.5 Å². The normalized spacial score (nSPS) is 11.3. The van der Waals surface area contributed by atoms with Gasteiger partial charge in [0.2, 0.25) is 0 Å². The van der Waals surface area contributed by atoms with E-state index in [0.717, 1.165) is 35.8 Å². The molecule has 0 radical (unpaired) electrons.